The highest BCUT2D eigenvalue weighted by atomic mass is 32.2. The number of nitrogens with zero attached hydrogens (tertiary/aromatic N) is 3. The van der Waals surface area contributed by atoms with E-state index in [2.05, 4.69) is 96.6 Å². The smallest absolute Gasteiger partial charge is 0.222 e. The van der Waals surface area contributed by atoms with Gasteiger partial charge in [-0.15, -0.1) is 0 Å². The standard InChI is InChI=1S/C33H36N3S/c1-19-27-30-28-21(12-15-36(30)8)20-11-14-34-25(18-33(5,6)7)23(20)16-26(28)37-31(27)24(17-32(2,3)4)22-10-9-13-35-29(19)22/h9-16H,17-18H2,1-8H3/q+1. The van der Waals surface area contributed by atoms with Crippen molar-refractivity contribution < 1.29 is 4.57 Å². The van der Waals surface area contributed by atoms with Gasteiger partial charge in [-0.2, -0.15) is 0 Å². The molecule has 6 rings (SSSR count). The van der Waals surface area contributed by atoms with Crippen molar-refractivity contribution in [1.29, 1.82) is 0 Å². The Bertz CT molecular complexity index is 1740. The Balaban J connectivity index is 1.76. The van der Waals surface area contributed by atoms with Crippen LogP contribution in [0.5, 0.6) is 0 Å². The van der Waals surface area contributed by atoms with Crippen LogP contribution in [-0.4, -0.2) is 9.97 Å². The molecule has 0 saturated carbocycles. The van der Waals surface area contributed by atoms with Crippen molar-refractivity contribution in [1.82, 2.24) is 9.97 Å². The molecule has 1 aliphatic heterocycles. The highest BCUT2D eigenvalue weighted by Gasteiger charge is 2.34. The summed E-state index contributed by atoms with van der Waals surface area (Å²) in [5.74, 6) is 0. The van der Waals surface area contributed by atoms with Crippen molar-refractivity contribution >= 4 is 44.2 Å². The minimum atomic E-state index is 0.161. The Labute approximate surface area is 224 Å². The third-order valence-corrected chi connectivity index (χ3v) is 8.62. The molecular weight excluding hydrogens is 470 g/mol. The number of rotatable bonds is 2. The van der Waals surface area contributed by atoms with E-state index in [-0.39, 0.29) is 10.8 Å². The van der Waals surface area contributed by atoms with Crippen LogP contribution in [0.1, 0.15) is 58.4 Å². The molecule has 0 spiro atoms. The third kappa shape index (κ3) is 4.01. The molecule has 0 saturated heterocycles. The third-order valence-electron chi connectivity index (χ3n) is 7.43. The summed E-state index contributed by atoms with van der Waals surface area (Å²) in [6.07, 6.45) is 8.12. The Kier molecular flexibility index (Phi) is 5.44. The van der Waals surface area contributed by atoms with Crippen LogP contribution in [0.3, 0.4) is 0 Å². The number of benzene rings is 2. The van der Waals surface area contributed by atoms with E-state index >= 15 is 0 Å². The molecule has 4 heterocycles. The monoisotopic (exact) mass is 506 g/mol. The van der Waals surface area contributed by atoms with Crippen LogP contribution < -0.4 is 4.57 Å². The van der Waals surface area contributed by atoms with E-state index in [4.69, 9.17) is 9.97 Å². The number of aryl methyl sites for hydroxylation is 2. The summed E-state index contributed by atoms with van der Waals surface area (Å²) in [7, 11) is 2.19. The van der Waals surface area contributed by atoms with Gasteiger partial charge in [-0.05, 0) is 65.3 Å². The zero-order valence-corrected chi connectivity index (χ0v) is 24.1. The van der Waals surface area contributed by atoms with Crippen LogP contribution in [0.15, 0.2) is 58.7 Å². The molecular formula is C33H36N3S+. The summed E-state index contributed by atoms with van der Waals surface area (Å²) < 4.78 is 2.32. The second-order valence-electron chi connectivity index (χ2n) is 13.1. The SMILES string of the molecule is Cc1c2c(c(CC(C)(C)C)c3cccnc13)Sc1cc3c(CC(C)(C)C)nccc3c3cc[n+](C)c-2c13. The van der Waals surface area contributed by atoms with Crippen molar-refractivity contribution in [3.63, 3.8) is 0 Å². The summed E-state index contributed by atoms with van der Waals surface area (Å²) >= 11 is 1.95. The minimum Gasteiger partial charge on any atom is -0.261 e. The summed E-state index contributed by atoms with van der Waals surface area (Å²) in [5.41, 5.74) is 7.99. The molecule has 0 aliphatic carbocycles. The summed E-state index contributed by atoms with van der Waals surface area (Å²) in [6.45, 7) is 16.1. The molecule has 2 aromatic carbocycles. The lowest BCUT2D eigenvalue weighted by Crippen LogP contribution is -2.32. The highest BCUT2D eigenvalue weighted by molar-refractivity contribution is 8.00. The maximum absolute atomic E-state index is 4.90. The summed E-state index contributed by atoms with van der Waals surface area (Å²) in [5, 5.41) is 6.53. The van der Waals surface area contributed by atoms with Crippen molar-refractivity contribution in [3.05, 3.63) is 65.7 Å². The molecule has 0 amide bonds. The van der Waals surface area contributed by atoms with Gasteiger partial charge in [0.2, 0.25) is 5.69 Å². The second-order valence-corrected chi connectivity index (χ2v) is 14.1. The first-order valence-electron chi connectivity index (χ1n) is 13.2. The van der Waals surface area contributed by atoms with Gasteiger partial charge in [0.15, 0.2) is 6.20 Å². The number of hydrogen-bond acceptors (Lipinski definition) is 3. The first-order chi connectivity index (χ1) is 17.4. The first-order valence-corrected chi connectivity index (χ1v) is 14.1. The van der Waals surface area contributed by atoms with Gasteiger partial charge in [-0.3, -0.25) is 9.97 Å². The topological polar surface area (TPSA) is 29.7 Å². The van der Waals surface area contributed by atoms with E-state index in [0.717, 1.165) is 18.4 Å². The average molecular weight is 507 g/mol. The number of aromatic nitrogens is 3. The molecule has 0 unspecified atom stereocenters. The van der Waals surface area contributed by atoms with Crippen LogP contribution in [-0.2, 0) is 19.9 Å². The molecule has 37 heavy (non-hydrogen) atoms. The van der Waals surface area contributed by atoms with E-state index in [0.29, 0.717) is 0 Å². The predicted molar refractivity (Wildman–Crippen MR) is 156 cm³/mol. The fourth-order valence-electron chi connectivity index (χ4n) is 5.99. The Hall–Kier alpha value is -2.98. The fourth-order valence-corrected chi connectivity index (χ4v) is 7.35. The van der Waals surface area contributed by atoms with E-state index in [1.54, 1.807) is 0 Å². The lowest BCUT2D eigenvalue weighted by molar-refractivity contribution is -0.659. The number of hydrogen-bond donors (Lipinski definition) is 0. The van der Waals surface area contributed by atoms with Crippen LogP contribution in [0.2, 0.25) is 0 Å². The molecule has 0 radical (unpaired) electrons. The van der Waals surface area contributed by atoms with E-state index in [1.165, 1.54) is 64.8 Å². The number of fused-ring (bicyclic) bond motifs is 5. The van der Waals surface area contributed by atoms with Gasteiger partial charge in [-0.25, -0.2) is 4.57 Å². The Morgan fingerprint density at radius 1 is 0.838 bits per heavy atom. The predicted octanol–water partition coefficient (Wildman–Crippen LogP) is 8.38. The molecule has 5 aromatic rings. The van der Waals surface area contributed by atoms with Gasteiger partial charge < -0.3 is 0 Å². The molecule has 4 heteroatoms. The first kappa shape index (κ1) is 24.4. The van der Waals surface area contributed by atoms with Crippen LogP contribution in [0.25, 0.3) is 43.7 Å². The molecule has 188 valence electrons. The molecule has 3 aromatic heterocycles. The minimum absolute atomic E-state index is 0.161. The molecule has 0 atom stereocenters. The summed E-state index contributed by atoms with van der Waals surface area (Å²) in [6, 6.07) is 11.3. The highest BCUT2D eigenvalue weighted by Crippen LogP contribution is 2.53. The molecule has 0 bridgehead atoms. The zero-order valence-electron chi connectivity index (χ0n) is 23.3. The molecule has 0 N–H and O–H groups in total. The molecule has 3 nitrogen and oxygen atoms in total. The van der Waals surface area contributed by atoms with Gasteiger partial charge >= 0.3 is 0 Å². The Morgan fingerprint density at radius 3 is 2.32 bits per heavy atom. The van der Waals surface area contributed by atoms with Crippen molar-refractivity contribution in [2.24, 2.45) is 17.9 Å². The fraction of sp³-hybridized carbons (Fsp3) is 0.364. The largest absolute Gasteiger partial charge is 0.261 e. The second kappa shape index (κ2) is 8.26. The lowest BCUT2D eigenvalue weighted by atomic mass is 9.83. The summed E-state index contributed by atoms with van der Waals surface area (Å²) in [4.78, 5) is 12.5. The van der Waals surface area contributed by atoms with Gasteiger partial charge in [0, 0.05) is 50.1 Å². The van der Waals surface area contributed by atoms with Crippen molar-refractivity contribution in [2.75, 3.05) is 0 Å². The van der Waals surface area contributed by atoms with Crippen LogP contribution in [0, 0.1) is 17.8 Å². The van der Waals surface area contributed by atoms with Crippen molar-refractivity contribution in [3.8, 4) is 11.3 Å². The quantitative estimate of drug-likeness (QED) is 0.174. The molecule has 1 aliphatic rings. The van der Waals surface area contributed by atoms with E-state index in [1.807, 2.05) is 24.2 Å². The van der Waals surface area contributed by atoms with Crippen LogP contribution >= 0.6 is 11.8 Å². The van der Waals surface area contributed by atoms with E-state index in [9.17, 15) is 0 Å². The van der Waals surface area contributed by atoms with Crippen LogP contribution in [0.4, 0.5) is 0 Å². The molecule has 0 fully saturated rings. The van der Waals surface area contributed by atoms with Gasteiger partial charge in [0.1, 0.15) is 7.05 Å². The van der Waals surface area contributed by atoms with E-state index < -0.39 is 0 Å². The van der Waals surface area contributed by atoms with Gasteiger partial charge in [0.05, 0.1) is 16.5 Å². The maximum Gasteiger partial charge on any atom is 0.222 e. The maximum atomic E-state index is 4.90. The Morgan fingerprint density at radius 2 is 1.59 bits per heavy atom. The van der Waals surface area contributed by atoms with Gasteiger partial charge in [0.25, 0.3) is 0 Å². The number of pyridine rings is 3. The van der Waals surface area contributed by atoms with Crippen molar-refractivity contribution in [2.45, 2.75) is 71.1 Å². The van der Waals surface area contributed by atoms with Gasteiger partial charge in [-0.1, -0.05) is 59.4 Å². The average Bonchev–Trinajstić information content (AvgIpc) is 2.82. The normalized spacial score (nSPS) is 13.5. The lowest BCUT2D eigenvalue weighted by Gasteiger charge is -2.28. The zero-order chi connectivity index (χ0) is 26.3.